The molecule has 0 radical (unpaired) electrons. The largest absolute Gasteiger partial charge is 0.481 e. The minimum Gasteiger partial charge on any atom is -0.481 e. The first-order valence-electron chi connectivity index (χ1n) is 14.3. The van der Waals surface area contributed by atoms with Gasteiger partial charge in [-0.1, -0.05) is 53.9 Å². The van der Waals surface area contributed by atoms with E-state index in [1.54, 1.807) is 0 Å². The number of hydrogen-bond acceptors (Lipinski definition) is 2. The second-order valence-electron chi connectivity index (χ2n) is 14.6. The maximum atomic E-state index is 12.4. The van der Waals surface area contributed by atoms with Gasteiger partial charge in [0.25, 0.3) is 0 Å². The summed E-state index contributed by atoms with van der Waals surface area (Å²) in [6.45, 7) is 14.4. The van der Waals surface area contributed by atoms with Crippen molar-refractivity contribution in [1.29, 1.82) is 0 Å². The molecule has 5 saturated carbocycles. The van der Waals surface area contributed by atoms with Crippen molar-refractivity contribution in [3.05, 3.63) is 0 Å². The topological polar surface area (TPSA) is 57.5 Å². The van der Waals surface area contributed by atoms with Crippen molar-refractivity contribution in [1.82, 2.24) is 0 Å². The van der Waals surface area contributed by atoms with Crippen LogP contribution in [0.5, 0.6) is 0 Å². The lowest BCUT2D eigenvalue weighted by Crippen LogP contribution is -2.59. The Hall–Kier alpha value is -0.570. The molecular formula is C30H50O3. The van der Waals surface area contributed by atoms with Gasteiger partial charge >= 0.3 is 5.97 Å². The number of carboxylic acid groups (broad SMARTS) is 1. The van der Waals surface area contributed by atoms with E-state index >= 15 is 0 Å². The van der Waals surface area contributed by atoms with Gasteiger partial charge in [0.1, 0.15) is 0 Å². The first-order valence-corrected chi connectivity index (χ1v) is 14.3. The molecule has 3 heteroatoms. The van der Waals surface area contributed by atoms with E-state index < -0.39 is 17.5 Å². The molecule has 5 rings (SSSR count). The smallest absolute Gasteiger partial charge is 0.312 e. The molecule has 5 aliphatic carbocycles. The second-order valence-corrected chi connectivity index (χ2v) is 14.6. The maximum absolute atomic E-state index is 12.4. The summed E-state index contributed by atoms with van der Waals surface area (Å²) < 4.78 is 0. The summed E-state index contributed by atoms with van der Waals surface area (Å²) in [6, 6.07) is 0. The van der Waals surface area contributed by atoms with E-state index in [9.17, 15) is 15.0 Å². The first kappa shape index (κ1) is 24.1. The number of hydrogen-bond donors (Lipinski definition) is 2. The average molecular weight is 459 g/mol. The van der Waals surface area contributed by atoms with Crippen molar-refractivity contribution in [2.75, 3.05) is 0 Å². The van der Waals surface area contributed by atoms with Gasteiger partial charge in [0.2, 0.25) is 0 Å². The summed E-state index contributed by atoms with van der Waals surface area (Å²) in [6.07, 6.45) is 14.0. The Morgan fingerprint density at radius 3 is 2.18 bits per heavy atom. The molecule has 5 aliphatic rings. The van der Waals surface area contributed by atoms with E-state index in [2.05, 4.69) is 34.6 Å². The van der Waals surface area contributed by atoms with E-state index in [0.717, 1.165) is 36.5 Å². The van der Waals surface area contributed by atoms with Gasteiger partial charge in [-0.15, -0.1) is 0 Å². The van der Waals surface area contributed by atoms with Gasteiger partial charge < -0.3 is 10.2 Å². The van der Waals surface area contributed by atoms with Crippen molar-refractivity contribution in [2.24, 2.45) is 56.7 Å². The molecule has 0 aromatic carbocycles. The van der Waals surface area contributed by atoms with Crippen LogP contribution in [0.15, 0.2) is 0 Å². The highest BCUT2D eigenvalue weighted by molar-refractivity contribution is 5.76. The molecule has 33 heavy (non-hydrogen) atoms. The van der Waals surface area contributed by atoms with Crippen LogP contribution in [0.2, 0.25) is 0 Å². The minimum atomic E-state index is -0.961. The van der Waals surface area contributed by atoms with Gasteiger partial charge in [-0.3, -0.25) is 4.79 Å². The molecule has 0 heterocycles. The van der Waals surface area contributed by atoms with E-state index in [-0.39, 0.29) is 11.3 Å². The summed E-state index contributed by atoms with van der Waals surface area (Å²) in [5, 5.41) is 21.0. The summed E-state index contributed by atoms with van der Waals surface area (Å²) >= 11 is 0. The number of rotatable bonds is 6. The quantitative estimate of drug-likeness (QED) is 0.438. The fourth-order valence-electron chi connectivity index (χ4n) is 11.4. The van der Waals surface area contributed by atoms with Crippen LogP contribution in [0.25, 0.3) is 0 Å². The molecule has 188 valence electrons. The van der Waals surface area contributed by atoms with Gasteiger partial charge in [-0.25, -0.2) is 0 Å². The molecule has 2 spiro atoms. The lowest BCUT2D eigenvalue weighted by molar-refractivity contribution is -0.189. The Morgan fingerprint density at radius 1 is 0.848 bits per heavy atom. The third kappa shape index (κ3) is 2.87. The Labute approximate surface area is 202 Å². The Bertz CT molecular complexity index is 806. The van der Waals surface area contributed by atoms with E-state index in [1.165, 1.54) is 57.8 Å². The lowest BCUT2D eigenvalue weighted by atomic mass is 9.41. The zero-order chi connectivity index (χ0) is 24.0. The number of aliphatic hydroxyl groups is 1. The summed E-state index contributed by atoms with van der Waals surface area (Å²) in [5.41, 5.74) is 0.412. The van der Waals surface area contributed by atoms with Crippen LogP contribution in [0.4, 0.5) is 0 Å². The number of carbonyl (C=O) groups is 1. The third-order valence-electron chi connectivity index (χ3n) is 13.4. The van der Waals surface area contributed by atoms with Gasteiger partial charge in [0, 0.05) is 0 Å². The molecule has 0 unspecified atom stereocenters. The molecule has 2 N–H and O–H groups in total. The van der Waals surface area contributed by atoms with Crippen LogP contribution in [0.3, 0.4) is 0 Å². The van der Waals surface area contributed by atoms with E-state index in [1.807, 2.05) is 6.92 Å². The summed E-state index contributed by atoms with van der Waals surface area (Å²) in [7, 11) is 0. The van der Waals surface area contributed by atoms with Crippen LogP contribution < -0.4 is 0 Å². The number of aliphatic carboxylic acids is 1. The molecule has 0 aromatic rings. The second kappa shape index (κ2) is 7.47. The normalized spacial score (nSPS) is 53.6. The van der Waals surface area contributed by atoms with Crippen LogP contribution >= 0.6 is 0 Å². The fourth-order valence-corrected chi connectivity index (χ4v) is 11.4. The molecule has 0 amide bonds. The first-order chi connectivity index (χ1) is 15.4. The van der Waals surface area contributed by atoms with Gasteiger partial charge in [0.15, 0.2) is 0 Å². The molecular weight excluding hydrogens is 408 g/mol. The highest BCUT2D eigenvalue weighted by Crippen LogP contribution is 2.89. The SMILES string of the molecule is CC(C)CCC[C@@H](C)[C@H]1CC[C@@]2(C)[C@@H]3CC[C@H]4[C@](C)(C(=O)O)[C@@H](O)CC[C@@]45C[C@@]35CC[C@]12C. The predicted molar refractivity (Wildman–Crippen MR) is 133 cm³/mol. The molecule has 0 aliphatic heterocycles. The minimum absolute atomic E-state index is 0.155. The van der Waals surface area contributed by atoms with Crippen molar-refractivity contribution in [3.8, 4) is 0 Å². The maximum Gasteiger partial charge on any atom is 0.312 e. The highest BCUT2D eigenvalue weighted by atomic mass is 16.4. The Kier molecular flexibility index (Phi) is 5.46. The fraction of sp³-hybridized carbons (Fsp3) is 0.967. The summed E-state index contributed by atoms with van der Waals surface area (Å²) in [5.74, 6) is 2.61. The van der Waals surface area contributed by atoms with Crippen LogP contribution in [-0.2, 0) is 4.79 Å². The lowest BCUT2D eigenvalue weighted by Gasteiger charge is -2.63. The number of fused-ring (bicyclic) bond motifs is 2. The number of aliphatic hydroxyl groups excluding tert-OH is 1. The van der Waals surface area contributed by atoms with Gasteiger partial charge in [0.05, 0.1) is 11.5 Å². The van der Waals surface area contributed by atoms with E-state index in [4.69, 9.17) is 0 Å². The Balaban J connectivity index is 1.41. The predicted octanol–water partition coefficient (Wildman–Crippen LogP) is 7.31. The average Bonchev–Trinajstić information content (AvgIpc) is 3.33. The number of carboxylic acids is 1. The van der Waals surface area contributed by atoms with Crippen LogP contribution in [0.1, 0.15) is 119 Å². The molecule has 0 aromatic heterocycles. The van der Waals surface area contributed by atoms with Crippen LogP contribution in [0, 0.1) is 56.7 Å². The van der Waals surface area contributed by atoms with Crippen molar-refractivity contribution in [2.45, 2.75) is 125 Å². The highest BCUT2D eigenvalue weighted by Gasteiger charge is 2.83. The van der Waals surface area contributed by atoms with Crippen molar-refractivity contribution >= 4 is 5.97 Å². The zero-order valence-electron chi connectivity index (χ0n) is 22.3. The Morgan fingerprint density at radius 2 is 1.52 bits per heavy atom. The van der Waals surface area contributed by atoms with Crippen molar-refractivity contribution in [3.63, 3.8) is 0 Å². The van der Waals surface area contributed by atoms with E-state index in [0.29, 0.717) is 22.7 Å². The van der Waals surface area contributed by atoms with Crippen LogP contribution in [-0.4, -0.2) is 22.3 Å². The molecule has 0 bridgehead atoms. The molecule has 3 nitrogen and oxygen atoms in total. The molecule has 5 fully saturated rings. The third-order valence-corrected chi connectivity index (χ3v) is 13.4. The van der Waals surface area contributed by atoms with Gasteiger partial charge in [-0.2, -0.15) is 0 Å². The van der Waals surface area contributed by atoms with Gasteiger partial charge in [-0.05, 0) is 116 Å². The van der Waals surface area contributed by atoms with Crippen molar-refractivity contribution < 1.29 is 15.0 Å². The zero-order valence-corrected chi connectivity index (χ0v) is 22.3. The standard InChI is InChI=1S/C30H50O3/c1-19(2)8-7-9-20(3)21-12-14-27(5)22-10-11-23-28(6,25(32)33)24(31)13-15-29(23)18-30(22,29)17-16-26(21,27)4/h19-24,31H,7-18H2,1-6H3,(H,32,33)/t20-,21-,22+,23+,24+,26-,27+,28+,29-,30+/m1/s1. The summed E-state index contributed by atoms with van der Waals surface area (Å²) in [4.78, 5) is 12.4. The monoisotopic (exact) mass is 458 g/mol. The molecule has 0 saturated heterocycles. The molecule has 10 atom stereocenters.